The zero-order chi connectivity index (χ0) is 28.6. The standard InChI is InChI=1S/C30H29Cl2N5O2S/c1-5-26(38)34-22-13-12-19(16-25(22)39-4)37-29(28(35-30(37)40)23-10-6-7-14-33-23)20-15-17(2)36(18(20)3)24-11-8-9-21(31)27(24)32/h6-16,28-29H,5H2,1-4H3,(H,34,38)(H,35,40)/t28-,29+/m1/s1. The van der Waals surface area contributed by atoms with Gasteiger partial charge in [0, 0.05) is 35.8 Å². The Labute approximate surface area is 249 Å². The van der Waals surface area contributed by atoms with Crippen LogP contribution in [0, 0.1) is 13.8 Å². The zero-order valence-corrected chi connectivity index (χ0v) is 24.9. The van der Waals surface area contributed by atoms with Crippen molar-refractivity contribution in [3.05, 3.63) is 99.6 Å². The number of halogens is 2. The van der Waals surface area contributed by atoms with Crippen LogP contribution in [0.2, 0.25) is 10.0 Å². The molecule has 2 atom stereocenters. The lowest BCUT2D eigenvalue weighted by molar-refractivity contribution is -0.115. The molecule has 206 valence electrons. The average molecular weight is 595 g/mol. The molecule has 2 aromatic heterocycles. The molecule has 1 aliphatic rings. The quantitative estimate of drug-likeness (QED) is 0.219. The highest BCUT2D eigenvalue weighted by Gasteiger charge is 2.42. The van der Waals surface area contributed by atoms with Gasteiger partial charge in [-0.3, -0.25) is 9.78 Å². The van der Waals surface area contributed by atoms with E-state index in [1.807, 2.05) is 55.5 Å². The maximum atomic E-state index is 12.1. The number of carbonyl (C=O) groups excluding carboxylic acids is 1. The van der Waals surface area contributed by atoms with Crippen molar-refractivity contribution in [3.8, 4) is 11.4 Å². The van der Waals surface area contributed by atoms with Crippen molar-refractivity contribution in [1.29, 1.82) is 0 Å². The Balaban J connectivity index is 1.66. The number of aromatic nitrogens is 2. The smallest absolute Gasteiger partial charge is 0.224 e. The third-order valence-corrected chi connectivity index (χ3v) is 8.24. The molecule has 40 heavy (non-hydrogen) atoms. The van der Waals surface area contributed by atoms with E-state index in [-0.39, 0.29) is 18.0 Å². The summed E-state index contributed by atoms with van der Waals surface area (Å²) in [4.78, 5) is 18.8. The lowest BCUT2D eigenvalue weighted by Gasteiger charge is -2.29. The van der Waals surface area contributed by atoms with Gasteiger partial charge in [-0.2, -0.15) is 0 Å². The normalized spacial score (nSPS) is 16.6. The molecule has 0 spiro atoms. The number of nitrogens with one attached hydrogen (secondary N) is 2. The molecule has 1 aliphatic heterocycles. The first-order valence-electron chi connectivity index (χ1n) is 12.9. The molecule has 2 N–H and O–H groups in total. The molecule has 5 rings (SSSR count). The van der Waals surface area contributed by atoms with E-state index in [4.69, 9.17) is 40.2 Å². The summed E-state index contributed by atoms with van der Waals surface area (Å²) in [5.74, 6) is 0.447. The van der Waals surface area contributed by atoms with Gasteiger partial charge in [-0.05, 0) is 74.1 Å². The number of thiocarbonyl (C=S) groups is 1. The minimum Gasteiger partial charge on any atom is -0.494 e. The van der Waals surface area contributed by atoms with Crippen LogP contribution in [0.1, 0.15) is 48.1 Å². The Morgan fingerprint density at radius 2 is 1.93 bits per heavy atom. The number of hydrogen-bond acceptors (Lipinski definition) is 4. The van der Waals surface area contributed by atoms with Crippen molar-refractivity contribution in [2.45, 2.75) is 39.3 Å². The number of aryl methyl sites for hydroxylation is 1. The van der Waals surface area contributed by atoms with Crippen LogP contribution >= 0.6 is 35.4 Å². The molecule has 3 heterocycles. The van der Waals surface area contributed by atoms with Crippen molar-refractivity contribution in [2.24, 2.45) is 0 Å². The first-order valence-corrected chi connectivity index (χ1v) is 14.0. The van der Waals surface area contributed by atoms with Gasteiger partial charge in [0.25, 0.3) is 0 Å². The molecular formula is C30H29Cl2N5O2S. The van der Waals surface area contributed by atoms with E-state index in [1.165, 1.54) is 0 Å². The van der Waals surface area contributed by atoms with Crippen LogP contribution in [-0.4, -0.2) is 27.7 Å². The second-order valence-corrected chi connectivity index (χ2v) is 10.7. The van der Waals surface area contributed by atoms with Gasteiger partial charge in [-0.1, -0.05) is 42.3 Å². The molecule has 0 aliphatic carbocycles. The lowest BCUT2D eigenvalue weighted by atomic mass is 9.96. The molecule has 2 aromatic carbocycles. The van der Waals surface area contributed by atoms with E-state index >= 15 is 0 Å². The molecule has 4 aromatic rings. The molecule has 1 amide bonds. The summed E-state index contributed by atoms with van der Waals surface area (Å²) >= 11 is 19.0. The highest BCUT2D eigenvalue weighted by Crippen LogP contribution is 2.45. The van der Waals surface area contributed by atoms with Crippen LogP contribution in [0.4, 0.5) is 11.4 Å². The summed E-state index contributed by atoms with van der Waals surface area (Å²) in [6.07, 6.45) is 2.15. The minimum atomic E-state index is -0.249. The van der Waals surface area contributed by atoms with Gasteiger partial charge in [-0.25, -0.2) is 0 Å². The number of methoxy groups -OCH3 is 1. The number of rotatable bonds is 7. The minimum absolute atomic E-state index is 0.0929. The number of pyridine rings is 1. The van der Waals surface area contributed by atoms with E-state index in [2.05, 4.69) is 38.1 Å². The van der Waals surface area contributed by atoms with Crippen LogP contribution < -0.4 is 20.3 Å². The molecule has 0 saturated carbocycles. The van der Waals surface area contributed by atoms with E-state index in [9.17, 15) is 4.79 Å². The number of benzene rings is 2. The number of amides is 1. The first kappa shape index (κ1) is 28.0. The maximum Gasteiger partial charge on any atom is 0.224 e. The Morgan fingerprint density at radius 1 is 1.12 bits per heavy atom. The van der Waals surface area contributed by atoms with Crippen LogP contribution in [0.15, 0.2) is 66.9 Å². The molecule has 0 radical (unpaired) electrons. The fourth-order valence-electron chi connectivity index (χ4n) is 5.24. The topological polar surface area (TPSA) is 71.4 Å². The number of nitrogens with zero attached hydrogens (tertiary/aromatic N) is 3. The molecule has 1 saturated heterocycles. The van der Waals surface area contributed by atoms with E-state index < -0.39 is 0 Å². The lowest BCUT2D eigenvalue weighted by Crippen LogP contribution is -2.29. The summed E-state index contributed by atoms with van der Waals surface area (Å²) in [7, 11) is 1.58. The third kappa shape index (κ3) is 5.03. The molecule has 7 nitrogen and oxygen atoms in total. The Bertz CT molecular complexity index is 1590. The monoisotopic (exact) mass is 593 g/mol. The second kappa shape index (κ2) is 11.5. The highest BCUT2D eigenvalue weighted by atomic mass is 35.5. The fraction of sp³-hybridized carbons (Fsp3) is 0.233. The molecule has 0 unspecified atom stereocenters. The number of carbonyl (C=O) groups is 1. The van der Waals surface area contributed by atoms with Gasteiger partial charge < -0.3 is 24.8 Å². The number of ether oxygens (including phenoxy) is 1. The van der Waals surface area contributed by atoms with E-state index in [1.54, 1.807) is 26.3 Å². The van der Waals surface area contributed by atoms with E-state index in [0.29, 0.717) is 33.0 Å². The Kier molecular flexibility index (Phi) is 8.03. The average Bonchev–Trinajstić information content (AvgIpc) is 3.45. The van der Waals surface area contributed by atoms with Crippen molar-refractivity contribution < 1.29 is 9.53 Å². The highest BCUT2D eigenvalue weighted by molar-refractivity contribution is 7.80. The number of anilines is 2. The first-order chi connectivity index (χ1) is 19.2. The van der Waals surface area contributed by atoms with Gasteiger partial charge in [0.15, 0.2) is 5.11 Å². The molecule has 10 heteroatoms. The largest absolute Gasteiger partial charge is 0.494 e. The Morgan fingerprint density at radius 3 is 2.62 bits per heavy atom. The predicted molar refractivity (Wildman–Crippen MR) is 165 cm³/mol. The maximum absolute atomic E-state index is 12.1. The zero-order valence-electron chi connectivity index (χ0n) is 22.5. The van der Waals surface area contributed by atoms with Crippen LogP contribution in [-0.2, 0) is 4.79 Å². The van der Waals surface area contributed by atoms with Gasteiger partial charge in [-0.15, -0.1) is 0 Å². The van der Waals surface area contributed by atoms with Crippen LogP contribution in [0.5, 0.6) is 5.75 Å². The van der Waals surface area contributed by atoms with Gasteiger partial charge in [0.05, 0.1) is 46.3 Å². The molecule has 0 bridgehead atoms. The van der Waals surface area contributed by atoms with E-state index in [0.717, 1.165) is 34.0 Å². The van der Waals surface area contributed by atoms with Gasteiger partial charge in [0.2, 0.25) is 5.91 Å². The third-order valence-electron chi connectivity index (χ3n) is 7.12. The summed E-state index contributed by atoms with van der Waals surface area (Å²) in [6.45, 7) is 5.92. The summed E-state index contributed by atoms with van der Waals surface area (Å²) in [5.41, 5.74) is 6.15. The molecule has 1 fully saturated rings. The van der Waals surface area contributed by atoms with Crippen molar-refractivity contribution in [1.82, 2.24) is 14.9 Å². The number of hydrogen-bond donors (Lipinski definition) is 2. The Hall–Kier alpha value is -3.59. The molecular weight excluding hydrogens is 565 g/mol. The van der Waals surface area contributed by atoms with Gasteiger partial charge >= 0.3 is 0 Å². The SMILES string of the molecule is CCC(=O)Nc1ccc(N2C(=S)N[C@H](c3ccccn3)[C@@H]2c2cc(C)n(-c3cccc(Cl)c3Cl)c2C)cc1OC. The second-order valence-electron chi connectivity index (χ2n) is 9.52. The fourth-order valence-corrected chi connectivity index (χ4v) is 5.97. The van der Waals surface area contributed by atoms with Crippen LogP contribution in [0.25, 0.3) is 5.69 Å². The van der Waals surface area contributed by atoms with Crippen molar-refractivity contribution >= 4 is 57.8 Å². The van der Waals surface area contributed by atoms with Gasteiger partial charge in [0.1, 0.15) is 5.75 Å². The summed E-state index contributed by atoms with van der Waals surface area (Å²) < 4.78 is 7.77. The van der Waals surface area contributed by atoms with Crippen molar-refractivity contribution in [3.63, 3.8) is 0 Å². The van der Waals surface area contributed by atoms with Crippen LogP contribution in [0.3, 0.4) is 0 Å². The summed E-state index contributed by atoms with van der Waals surface area (Å²) in [6, 6.07) is 18.8. The van der Waals surface area contributed by atoms with Crippen molar-refractivity contribution in [2.75, 3.05) is 17.3 Å². The summed E-state index contributed by atoms with van der Waals surface area (Å²) in [5, 5.41) is 7.94. The predicted octanol–water partition coefficient (Wildman–Crippen LogP) is 7.33.